The Labute approximate surface area is 178 Å². The molecule has 0 unspecified atom stereocenters. The molecule has 6 heteroatoms. The van der Waals surface area contributed by atoms with Crippen LogP contribution in [0.3, 0.4) is 0 Å². The Morgan fingerprint density at radius 1 is 0.897 bits per heavy atom. The van der Waals surface area contributed by atoms with Crippen molar-refractivity contribution in [3.63, 3.8) is 0 Å². The molecule has 0 aliphatic rings. The van der Waals surface area contributed by atoms with Crippen LogP contribution in [-0.2, 0) is 11.3 Å². The molecule has 2 aromatic carbocycles. The van der Waals surface area contributed by atoms with Crippen LogP contribution < -0.4 is 16.0 Å². The molecule has 0 aliphatic heterocycles. The maximum absolute atomic E-state index is 12.2. The second-order valence-corrected chi connectivity index (χ2v) is 7.32. The van der Waals surface area contributed by atoms with Gasteiger partial charge in [-0.15, -0.1) is 0 Å². The normalized spacial score (nSPS) is 10.2. The fourth-order valence-electron chi connectivity index (χ4n) is 2.83. The number of unbranched alkanes of at least 4 members (excludes halogenated alkanes) is 4. The first kappa shape index (κ1) is 22.6. The van der Waals surface area contributed by atoms with Gasteiger partial charge in [-0.2, -0.15) is 0 Å². The number of carbonyl (C=O) groups is 2. The standard InChI is InChI=1S/C23H29N3O2S/c1-2-3-4-5-9-12-21(27)26-23(29)25-20-15-13-19(14-16-20)22(28)24-17-18-10-7-6-8-11-18/h6-8,10-11,13-16H,2-5,9,12,17H2,1H3,(H,24,28)(H2,25,26,27,29). The van der Waals surface area contributed by atoms with Crippen LogP contribution >= 0.6 is 12.2 Å². The van der Waals surface area contributed by atoms with Gasteiger partial charge in [0.05, 0.1) is 0 Å². The van der Waals surface area contributed by atoms with Gasteiger partial charge in [-0.3, -0.25) is 9.59 Å². The van der Waals surface area contributed by atoms with Gasteiger partial charge in [-0.25, -0.2) is 0 Å². The summed E-state index contributed by atoms with van der Waals surface area (Å²) in [5.41, 5.74) is 2.33. The van der Waals surface area contributed by atoms with E-state index >= 15 is 0 Å². The quantitative estimate of drug-likeness (QED) is 0.388. The Morgan fingerprint density at radius 2 is 1.59 bits per heavy atom. The van der Waals surface area contributed by atoms with Gasteiger partial charge in [-0.05, 0) is 48.5 Å². The summed E-state index contributed by atoms with van der Waals surface area (Å²) in [5, 5.41) is 8.83. The van der Waals surface area contributed by atoms with Crippen LogP contribution in [0, 0.1) is 0 Å². The molecule has 0 atom stereocenters. The van der Waals surface area contributed by atoms with E-state index in [-0.39, 0.29) is 16.9 Å². The largest absolute Gasteiger partial charge is 0.348 e. The molecule has 29 heavy (non-hydrogen) atoms. The number of carbonyl (C=O) groups excluding carboxylic acids is 2. The second-order valence-electron chi connectivity index (χ2n) is 6.91. The first-order valence-electron chi connectivity index (χ1n) is 10.1. The van der Waals surface area contributed by atoms with Crippen LogP contribution in [0.4, 0.5) is 5.69 Å². The van der Waals surface area contributed by atoms with Crippen molar-refractivity contribution in [3.05, 3.63) is 65.7 Å². The van der Waals surface area contributed by atoms with E-state index in [1.807, 2.05) is 30.3 Å². The highest BCUT2D eigenvalue weighted by molar-refractivity contribution is 7.80. The molecular weight excluding hydrogens is 382 g/mol. The lowest BCUT2D eigenvalue weighted by Crippen LogP contribution is -2.33. The zero-order chi connectivity index (χ0) is 20.9. The lowest BCUT2D eigenvalue weighted by Gasteiger charge is -2.10. The fraction of sp³-hybridized carbons (Fsp3) is 0.348. The van der Waals surface area contributed by atoms with Crippen LogP contribution in [0.25, 0.3) is 0 Å². The van der Waals surface area contributed by atoms with Crippen molar-refractivity contribution in [2.75, 3.05) is 5.32 Å². The number of nitrogens with one attached hydrogen (secondary N) is 3. The van der Waals surface area contributed by atoms with Crippen LogP contribution in [0.1, 0.15) is 61.4 Å². The maximum atomic E-state index is 12.2. The third-order valence-electron chi connectivity index (χ3n) is 4.46. The van der Waals surface area contributed by atoms with E-state index in [2.05, 4.69) is 22.9 Å². The first-order chi connectivity index (χ1) is 14.1. The molecular formula is C23H29N3O2S. The van der Waals surface area contributed by atoms with Gasteiger partial charge < -0.3 is 16.0 Å². The van der Waals surface area contributed by atoms with Crippen molar-refractivity contribution in [3.8, 4) is 0 Å². The lowest BCUT2D eigenvalue weighted by molar-refractivity contribution is -0.119. The summed E-state index contributed by atoms with van der Waals surface area (Å²) in [6.45, 7) is 2.65. The predicted octanol–water partition coefficient (Wildman–Crippen LogP) is 4.79. The average Bonchev–Trinajstić information content (AvgIpc) is 2.73. The van der Waals surface area contributed by atoms with Crippen LogP contribution in [0.15, 0.2) is 54.6 Å². The van der Waals surface area contributed by atoms with Crippen LogP contribution in [0.5, 0.6) is 0 Å². The summed E-state index contributed by atoms with van der Waals surface area (Å²) < 4.78 is 0. The van der Waals surface area contributed by atoms with E-state index in [4.69, 9.17) is 12.2 Å². The highest BCUT2D eigenvalue weighted by Gasteiger charge is 2.07. The molecule has 0 saturated carbocycles. The summed E-state index contributed by atoms with van der Waals surface area (Å²) >= 11 is 5.19. The Morgan fingerprint density at radius 3 is 2.28 bits per heavy atom. The minimum Gasteiger partial charge on any atom is -0.348 e. The summed E-state index contributed by atoms with van der Waals surface area (Å²) in [4.78, 5) is 24.2. The van der Waals surface area contributed by atoms with Crippen molar-refractivity contribution in [2.45, 2.75) is 52.0 Å². The monoisotopic (exact) mass is 411 g/mol. The SMILES string of the molecule is CCCCCCCC(=O)NC(=S)Nc1ccc(C(=O)NCc2ccccc2)cc1. The van der Waals surface area contributed by atoms with E-state index in [0.29, 0.717) is 18.5 Å². The van der Waals surface area contributed by atoms with Gasteiger partial charge in [0, 0.05) is 24.2 Å². The number of benzene rings is 2. The van der Waals surface area contributed by atoms with E-state index in [1.54, 1.807) is 24.3 Å². The van der Waals surface area contributed by atoms with Crippen molar-refractivity contribution in [2.24, 2.45) is 0 Å². The summed E-state index contributed by atoms with van der Waals surface area (Å²) in [7, 11) is 0. The van der Waals surface area contributed by atoms with E-state index < -0.39 is 0 Å². The van der Waals surface area contributed by atoms with Gasteiger partial charge >= 0.3 is 0 Å². The topological polar surface area (TPSA) is 70.2 Å². The number of rotatable bonds is 10. The third kappa shape index (κ3) is 8.87. The zero-order valence-electron chi connectivity index (χ0n) is 16.9. The maximum Gasteiger partial charge on any atom is 0.251 e. The van der Waals surface area contributed by atoms with Crippen molar-refractivity contribution in [1.29, 1.82) is 0 Å². The molecule has 0 aliphatic carbocycles. The van der Waals surface area contributed by atoms with Gasteiger partial charge in [0.1, 0.15) is 0 Å². The Bertz CT molecular complexity index is 792. The second kappa shape index (κ2) is 12.7. The third-order valence-corrected chi connectivity index (χ3v) is 4.67. The zero-order valence-corrected chi connectivity index (χ0v) is 17.7. The fourth-order valence-corrected chi connectivity index (χ4v) is 3.06. The Hall–Kier alpha value is -2.73. The molecule has 154 valence electrons. The van der Waals surface area contributed by atoms with Gasteiger partial charge in [-0.1, -0.05) is 62.9 Å². The molecule has 0 heterocycles. The predicted molar refractivity (Wildman–Crippen MR) is 122 cm³/mol. The summed E-state index contributed by atoms with van der Waals surface area (Å²) in [5.74, 6) is -0.213. The highest BCUT2D eigenvalue weighted by atomic mass is 32.1. The van der Waals surface area contributed by atoms with Gasteiger partial charge in [0.15, 0.2) is 5.11 Å². The summed E-state index contributed by atoms with van der Waals surface area (Å²) in [6, 6.07) is 16.7. The number of thiocarbonyl (C=S) groups is 1. The molecule has 2 amide bonds. The smallest absolute Gasteiger partial charge is 0.251 e. The minimum absolute atomic E-state index is 0.0732. The molecule has 0 radical (unpaired) electrons. The molecule has 0 spiro atoms. The average molecular weight is 412 g/mol. The Kier molecular flexibility index (Phi) is 9.86. The first-order valence-corrected chi connectivity index (χ1v) is 10.5. The number of amides is 2. The van der Waals surface area contributed by atoms with E-state index in [1.165, 1.54) is 12.8 Å². The number of hydrogen-bond acceptors (Lipinski definition) is 3. The molecule has 0 saturated heterocycles. The van der Waals surface area contributed by atoms with Crippen LogP contribution in [0.2, 0.25) is 0 Å². The molecule has 2 rings (SSSR count). The van der Waals surface area contributed by atoms with E-state index in [9.17, 15) is 9.59 Å². The molecule has 0 fully saturated rings. The number of hydrogen-bond donors (Lipinski definition) is 3. The highest BCUT2D eigenvalue weighted by Crippen LogP contribution is 2.10. The van der Waals surface area contributed by atoms with Gasteiger partial charge in [0.25, 0.3) is 5.91 Å². The molecule has 0 bridgehead atoms. The van der Waals surface area contributed by atoms with Crippen LogP contribution in [-0.4, -0.2) is 16.9 Å². The Balaban J connectivity index is 1.72. The lowest BCUT2D eigenvalue weighted by atomic mass is 10.1. The number of anilines is 1. The minimum atomic E-state index is -0.139. The van der Waals surface area contributed by atoms with Gasteiger partial charge in [0.2, 0.25) is 5.91 Å². The molecule has 5 nitrogen and oxygen atoms in total. The molecule has 2 aromatic rings. The van der Waals surface area contributed by atoms with Crippen molar-refractivity contribution >= 4 is 34.8 Å². The molecule has 0 aromatic heterocycles. The van der Waals surface area contributed by atoms with Crippen molar-refractivity contribution < 1.29 is 9.59 Å². The van der Waals surface area contributed by atoms with E-state index in [0.717, 1.165) is 30.5 Å². The van der Waals surface area contributed by atoms with Crippen molar-refractivity contribution in [1.82, 2.24) is 10.6 Å². The summed E-state index contributed by atoms with van der Waals surface area (Å²) in [6.07, 6.45) is 5.98. The molecule has 3 N–H and O–H groups in total.